The normalized spacial score (nSPS) is 24.2. The summed E-state index contributed by atoms with van der Waals surface area (Å²) < 4.78 is 0. The van der Waals surface area contributed by atoms with Crippen molar-refractivity contribution in [3.63, 3.8) is 0 Å². The van der Waals surface area contributed by atoms with Crippen LogP contribution < -0.4 is 10.6 Å². The van der Waals surface area contributed by atoms with E-state index in [2.05, 4.69) is 91.2 Å². The van der Waals surface area contributed by atoms with E-state index in [0.29, 0.717) is 23.9 Å². The predicted octanol–water partition coefficient (Wildman–Crippen LogP) is 8.01. The van der Waals surface area contributed by atoms with E-state index in [-0.39, 0.29) is 0 Å². The Morgan fingerprint density at radius 1 is 0.512 bits per heavy atom. The maximum Gasteiger partial charge on any atom is 0.123 e. The van der Waals surface area contributed by atoms with Gasteiger partial charge in [0.1, 0.15) is 11.6 Å². The Bertz CT molecular complexity index is 1640. The molecule has 4 heterocycles. The molecule has 2 unspecified atom stereocenters. The van der Waals surface area contributed by atoms with Gasteiger partial charge < -0.3 is 20.6 Å². The van der Waals surface area contributed by atoms with Crippen LogP contribution in [-0.4, -0.2) is 33.0 Å². The van der Waals surface area contributed by atoms with Crippen LogP contribution in [0, 0.1) is 0 Å². The molecule has 2 aliphatic heterocycles. The molecule has 43 heavy (non-hydrogen) atoms. The summed E-state index contributed by atoms with van der Waals surface area (Å²) in [5.41, 5.74) is 13.3. The van der Waals surface area contributed by atoms with Crippen LogP contribution in [0.15, 0.2) is 73.1 Å². The maximum absolute atomic E-state index is 4.68. The number of H-pyrrole nitrogens is 2. The minimum absolute atomic E-state index is 0.359. The Kier molecular flexibility index (Phi) is 6.12. The average Bonchev–Trinajstić information content (AvgIpc) is 3.89. The third-order valence-electron chi connectivity index (χ3n) is 10.5. The summed E-state index contributed by atoms with van der Waals surface area (Å²) >= 11 is 0. The van der Waals surface area contributed by atoms with Crippen LogP contribution >= 0.6 is 0 Å². The van der Waals surface area contributed by atoms with Crippen LogP contribution in [0.5, 0.6) is 0 Å². The molecule has 9 rings (SSSR count). The first-order valence-electron chi connectivity index (χ1n) is 16.2. The largest absolute Gasteiger partial charge is 0.341 e. The zero-order valence-corrected chi connectivity index (χ0v) is 24.5. The van der Waals surface area contributed by atoms with Crippen LogP contribution in [0.25, 0.3) is 44.8 Å². The van der Waals surface area contributed by atoms with Gasteiger partial charge in [-0.3, -0.25) is 0 Å². The number of fused-ring (bicyclic) bond motifs is 5. The second kappa shape index (κ2) is 10.3. The molecular weight excluding hydrogens is 528 g/mol. The minimum atomic E-state index is 0.359. The van der Waals surface area contributed by atoms with E-state index in [1.165, 1.54) is 65.5 Å². The molecule has 6 nitrogen and oxygen atoms in total. The lowest BCUT2D eigenvalue weighted by atomic mass is 9.81. The first kappa shape index (κ1) is 25.5. The Hall–Kier alpha value is -4.00. The SMILES string of the molecule is c1cc(-c2ccc(-c3ccc(-c4cnc([C@@H]5CCCN5)[nH]4)cc3)c3c2C2CCC3C2)ccc1-c1cnc([C@@H]2CCCN2)[nH]1. The van der Waals surface area contributed by atoms with Gasteiger partial charge in [-0.2, -0.15) is 0 Å². The van der Waals surface area contributed by atoms with E-state index in [9.17, 15) is 0 Å². The van der Waals surface area contributed by atoms with Crippen LogP contribution in [0.2, 0.25) is 0 Å². The highest BCUT2D eigenvalue weighted by Gasteiger charge is 2.40. The summed E-state index contributed by atoms with van der Waals surface area (Å²) in [4.78, 5) is 16.5. The number of aromatic nitrogens is 4. The lowest BCUT2D eigenvalue weighted by Gasteiger charge is -2.23. The van der Waals surface area contributed by atoms with Gasteiger partial charge in [0.05, 0.1) is 35.9 Å². The lowest BCUT2D eigenvalue weighted by molar-refractivity contribution is 0.613. The summed E-state index contributed by atoms with van der Waals surface area (Å²) in [6.45, 7) is 2.16. The van der Waals surface area contributed by atoms with E-state index < -0.39 is 0 Å². The lowest BCUT2D eigenvalue weighted by Crippen LogP contribution is -2.14. The van der Waals surface area contributed by atoms with Crippen molar-refractivity contribution in [2.45, 2.75) is 68.9 Å². The fourth-order valence-corrected chi connectivity index (χ4v) is 8.34. The van der Waals surface area contributed by atoms with Gasteiger partial charge in [-0.05, 0) is 114 Å². The summed E-state index contributed by atoms with van der Waals surface area (Å²) in [5.74, 6) is 3.47. The van der Waals surface area contributed by atoms with E-state index in [1.54, 1.807) is 11.1 Å². The quantitative estimate of drug-likeness (QED) is 0.168. The highest BCUT2D eigenvalue weighted by molar-refractivity contribution is 5.82. The van der Waals surface area contributed by atoms with E-state index in [1.807, 2.05) is 12.4 Å². The van der Waals surface area contributed by atoms with Gasteiger partial charge in [0.15, 0.2) is 0 Å². The molecule has 3 fully saturated rings. The average molecular weight is 567 g/mol. The molecule has 2 aromatic heterocycles. The Morgan fingerprint density at radius 2 is 0.953 bits per heavy atom. The number of hydrogen-bond donors (Lipinski definition) is 4. The monoisotopic (exact) mass is 566 g/mol. The molecule has 4 atom stereocenters. The van der Waals surface area contributed by atoms with E-state index in [4.69, 9.17) is 0 Å². The van der Waals surface area contributed by atoms with Crippen molar-refractivity contribution in [3.8, 4) is 44.8 Å². The van der Waals surface area contributed by atoms with Crippen molar-refractivity contribution in [2.24, 2.45) is 0 Å². The van der Waals surface area contributed by atoms with Crippen molar-refractivity contribution in [2.75, 3.05) is 13.1 Å². The van der Waals surface area contributed by atoms with Crippen molar-refractivity contribution in [1.29, 1.82) is 0 Å². The molecular formula is C37H38N6. The molecule has 0 radical (unpaired) electrons. The number of benzene rings is 3. The topological polar surface area (TPSA) is 81.4 Å². The van der Waals surface area contributed by atoms with Gasteiger partial charge in [0.25, 0.3) is 0 Å². The number of imidazole rings is 2. The van der Waals surface area contributed by atoms with Gasteiger partial charge in [-0.1, -0.05) is 60.7 Å². The highest BCUT2D eigenvalue weighted by Crippen LogP contribution is 2.58. The first-order chi connectivity index (χ1) is 21.3. The molecule has 6 heteroatoms. The highest BCUT2D eigenvalue weighted by atomic mass is 15.0. The summed E-state index contributed by atoms with van der Waals surface area (Å²) in [6.07, 6.45) is 12.6. The minimum Gasteiger partial charge on any atom is -0.341 e. The Balaban J connectivity index is 1.01. The summed E-state index contributed by atoms with van der Waals surface area (Å²) in [6, 6.07) is 23.7. The zero-order valence-electron chi connectivity index (χ0n) is 24.5. The fourth-order valence-electron chi connectivity index (χ4n) is 8.34. The van der Waals surface area contributed by atoms with Crippen molar-refractivity contribution in [1.82, 2.24) is 30.6 Å². The molecule has 2 saturated heterocycles. The van der Waals surface area contributed by atoms with Crippen molar-refractivity contribution in [3.05, 3.63) is 95.8 Å². The van der Waals surface area contributed by atoms with Gasteiger partial charge in [-0.15, -0.1) is 0 Å². The van der Waals surface area contributed by atoms with Gasteiger partial charge in [0.2, 0.25) is 0 Å². The first-order valence-corrected chi connectivity index (χ1v) is 16.2. The Morgan fingerprint density at radius 3 is 1.37 bits per heavy atom. The van der Waals surface area contributed by atoms with Crippen LogP contribution in [0.1, 0.15) is 91.6 Å². The van der Waals surface area contributed by atoms with E-state index in [0.717, 1.165) is 49.0 Å². The fraction of sp³-hybridized carbons (Fsp3) is 0.351. The molecule has 2 aliphatic carbocycles. The molecule has 1 saturated carbocycles. The standard InChI is InChI=1S/C37H38N6/c1-3-30(38-17-1)36-40-20-32(42-36)24-9-5-22(6-10-24)28-15-16-29(35-27-14-13-26(19-27)34(28)35)23-7-11-25(12-8-23)33-21-41-37(43-33)31-4-2-18-39-31/h5-12,15-16,20-21,26-27,30-31,38-39H,1-4,13-14,17-19H2,(H,40,42)(H,41,43)/t26?,27?,30-,31-/m0/s1. The number of nitrogens with one attached hydrogen (secondary N) is 4. The van der Waals surface area contributed by atoms with Crippen LogP contribution in [0.3, 0.4) is 0 Å². The third kappa shape index (κ3) is 4.38. The molecule has 216 valence electrons. The van der Waals surface area contributed by atoms with Gasteiger partial charge >= 0.3 is 0 Å². The third-order valence-corrected chi connectivity index (χ3v) is 10.5. The summed E-state index contributed by atoms with van der Waals surface area (Å²) in [5, 5.41) is 7.08. The van der Waals surface area contributed by atoms with Crippen molar-refractivity contribution < 1.29 is 0 Å². The van der Waals surface area contributed by atoms with Crippen molar-refractivity contribution >= 4 is 0 Å². The van der Waals surface area contributed by atoms with E-state index >= 15 is 0 Å². The van der Waals surface area contributed by atoms with Crippen LogP contribution in [0.4, 0.5) is 0 Å². The molecule has 2 bridgehead atoms. The molecule has 4 N–H and O–H groups in total. The number of rotatable bonds is 6. The molecule has 3 aromatic carbocycles. The molecule has 4 aliphatic rings. The Labute approximate surface area is 252 Å². The van der Waals surface area contributed by atoms with Gasteiger partial charge in [-0.25, -0.2) is 9.97 Å². The second-order valence-electron chi connectivity index (χ2n) is 13.0. The molecule has 0 spiro atoms. The van der Waals surface area contributed by atoms with Crippen LogP contribution in [-0.2, 0) is 0 Å². The maximum atomic E-state index is 4.68. The second-order valence-corrected chi connectivity index (χ2v) is 13.0. The van der Waals surface area contributed by atoms with Gasteiger partial charge in [0, 0.05) is 0 Å². The predicted molar refractivity (Wildman–Crippen MR) is 172 cm³/mol. The molecule has 5 aromatic rings. The zero-order chi connectivity index (χ0) is 28.3. The molecule has 0 amide bonds. The number of aromatic amines is 2. The summed E-state index contributed by atoms with van der Waals surface area (Å²) in [7, 11) is 0. The number of hydrogen-bond acceptors (Lipinski definition) is 4. The smallest absolute Gasteiger partial charge is 0.123 e. The number of nitrogens with zero attached hydrogens (tertiary/aromatic N) is 2.